The number of amides is 1. The zero-order valence-corrected chi connectivity index (χ0v) is 18.9. The number of hydrogen-bond acceptors (Lipinski definition) is 4. The molecule has 1 saturated heterocycles. The molecule has 0 saturated carbocycles. The Morgan fingerprint density at radius 3 is 2.26 bits per heavy atom. The third-order valence-corrected chi connectivity index (χ3v) is 6.70. The summed E-state index contributed by atoms with van der Waals surface area (Å²) in [5.74, 6) is -0.150. The molecule has 0 N–H and O–H groups in total. The molecule has 34 heavy (non-hydrogen) atoms. The third kappa shape index (κ3) is 4.43. The Hall–Kier alpha value is -3.59. The lowest BCUT2D eigenvalue weighted by molar-refractivity contribution is -0.137. The molecule has 0 bridgehead atoms. The standard InChI is InChI=1S/C25H21F3N4OS/c26-25(27,28)18-6-4-9-20(16-18)30-11-13-31(14-12-30)24(33)22-17-21(23-10-5-15-34-23)29-32(22)19-7-2-1-3-8-19/h1-10,15-17H,11-14H2. The van der Waals surface area contributed by atoms with Crippen molar-refractivity contribution in [3.8, 4) is 16.3 Å². The first-order chi connectivity index (χ1) is 16.4. The topological polar surface area (TPSA) is 41.4 Å². The van der Waals surface area contributed by atoms with Gasteiger partial charge in [0, 0.05) is 31.9 Å². The summed E-state index contributed by atoms with van der Waals surface area (Å²) in [6, 6.07) is 20.5. The van der Waals surface area contributed by atoms with E-state index >= 15 is 0 Å². The Bertz CT molecular complexity index is 1280. The third-order valence-electron chi connectivity index (χ3n) is 5.81. The molecule has 0 atom stereocenters. The molecule has 2 aromatic heterocycles. The summed E-state index contributed by atoms with van der Waals surface area (Å²) >= 11 is 1.55. The first-order valence-corrected chi connectivity index (χ1v) is 11.7. The summed E-state index contributed by atoms with van der Waals surface area (Å²) in [5.41, 5.74) is 1.82. The van der Waals surface area contributed by atoms with Gasteiger partial charge in [0.05, 0.1) is 16.1 Å². The highest BCUT2D eigenvalue weighted by atomic mass is 32.1. The molecule has 0 spiro atoms. The maximum atomic E-state index is 13.5. The Morgan fingerprint density at radius 2 is 1.59 bits per heavy atom. The number of halogens is 3. The van der Waals surface area contributed by atoms with Crippen LogP contribution in [0.25, 0.3) is 16.3 Å². The molecule has 1 aliphatic rings. The SMILES string of the molecule is O=C(c1cc(-c2cccs2)nn1-c1ccccc1)N1CCN(c2cccc(C(F)(F)F)c2)CC1. The van der Waals surface area contributed by atoms with Crippen molar-refractivity contribution >= 4 is 22.9 Å². The van der Waals surface area contributed by atoms with E-state index in [2.05, 4.69) is 0 Å². The number of rotatable bonds is 4. The molecule has 1 amide bonds. The van der Waals surface area contributed by atoms with E-state index < -0.39 is 11.7 Å². The summed E-state index contributed by atoms with van der Waals surface area (Å²) in [6.45, 7) is 1.71. The van der Waals surface area contributed by atoms with Gasteiger partial charge >= 0.3 is 6.18 Å². The summed E-state index contributed by atoms with van der Waals surface area (Å²) < 4.78 is 40.9. The summed E-state index contributed by atoms with van der Waals surface area (Å²) in [5, 5.41) is 6.66. The van der Waals surface area contributed by atoms with E-state index in [4.69, 9.17) is 5.10 Å². The Balaban J connectivity index is 1.37. The minimum Gasteiger partial charge on any atom is -0.368 e. The van der Waals surface area contributed by atoms with Crippen LogP contribution < -0.4 is 4.90 Å². The molecular weight excluding hydrogens is 461 g/mol. The van der Waals surface area contributed by atoms with Gasteiger partial charge in [-0.05, 0) is 47.8 Å². The number of carbonyl (C=O) groups excluding carboxylic acids is 1. The first-order valence-electron chi connectivity index (χ1n) is 10.8. The van der Waals surface area contributed by atoms with Crippen molar-refractivity contribution in [2.24, 2.45) is 0 Å². The van der Waals surface area contributed by atoms with Crippen LogP contribution in [0.3, 0.4) is 0 Å². The van der Waals surface area contributed by atoms with Crippen LogP contribution in [0.5, 0.6) is 0 Å². The largest absolute Gasteiger partial charge is 0.416 e. The average Bonchev–Trinajstić information content (AvgIpc) is 3.54. The fourth-order valence-electron chi connectivity index (χ4n) is 4.05. The fourth-order valence-corrected chi connectivity index (χ4v) is 4.73. The number of hydrogen-bond donors (Lipinski definition) is 0. The van der Waals surface area contributed by atoms with Crippen molar-refractivity contribution in [2.45, 2.75) is 6.18 Å². The number of para-hydroxylation sites is 1. The number of anilines is 1. The molecule has 4 aromatic rings. The highest BCUT2D eigenvalue weighted by Gasteiger charge is 2.32. The van der Waals surface area contributed by atoms with Gasteiger partial charge in [0.2, 0.25) is 0 Å². The van der Waals surface area contributed by atoms with Crippen molar-refractivity contribution in [1.29, 1.82) is 0 Å². The van der Waals surface area contributed by atoms with Gasteiger partial charge in [0.1, 0.15) is 11.4 Å². The van der Waals surface area contributed by atoms with Gasteiger partial charge in [-0.2, -0.15) is 18.3 Å². The van der Waals surface area contributed by atoms with E-state index in [0.717, 1.165) is 28.4 Å². The quantitative estimate of drug-likeness (QED) is 0.381. The molecule has 0 aliphatic carbocycles. The second-order valence-corrected chi connectivity index (χ2v) is 8.91. The molecular formula is C25H21F3N4OS. The number of thiophene rings is 1. The van der Waals surface area contributed by atoms with Crippen LogP contribution in [0.15, 0.2) is 78.2 Å². The molecule has 174 valence electrons. The average molecular weight is 483 g/mol. The van der Waals surface area contributed by atoms with Crippen molar-refractivity contribution in [2.75, 3.05) is 31.1 Å². The molecule has 5 nitrogen and oxygen atoms in total. The van der Waals surface area contributed by atoms with Gasteiger partial charge in [-0.25, -0.2) is 4.68 Å². The van der Waals surface area contributed by atoms with Crippen LogP contribution in [-0.2, 0) is 6.18 Å². The van der Waals surface area contributed by atoms with Crippen molar-refractivity contribution in [1.82, 2.24) is 14.7 Å². The van der Waals surface area contributed by atoms with Gasteiger partial charge < -0.3 is 9.80 Å². The second kappa shape index (κ2) is 8.98. The lowest BCUT2D eigenvalue weighted by atomic mass is 10.1. The summed E-state index contributed by atoms with van der Waals surface area (Å²) in [4.78, 5) is 18.1. The van der Waals surface area contributed by atoms with Crippen LogP contribution >= 0.6 is 11.3 Å². The highest BCUT2D eigenvalue weighted by molar-refractivity contribution is 7.13. The van der Waals surface area contributed by atoms with Gasteiger partial charge in [-0.1, -0.05) is 30.3 Å². The van der Waals surface area contributed by atoms with E-state index in [0.29, 0.717) is 37.6 Å². The molecule has 0 unspecified atom stereocenters. The number of aromatic nitrogens is 2. The van der Waals surface area contributed by atoms with E-state index in [9.17, 15) is 18.0 Å². The number of nitrogens with zero attached hydrogens (tertiary/aromatic N) is 4. The zero-order chi connectivity index (χ0) is 23.7. The first kappa shape index (κ1) is 22.2. The van der Waals surface area contributed by atoms with Gasteiger partial charge in [0.25, 0.3) is 5.91 Å². The van der Waals surface area contributed by atoms with Gasteiger partial charge in [-0.15, -0.1) is 11.3 Å². The lowest BCUT2D eigenvalue weighted by Gasteiger charge is -2.36. The minimum absolute atomic E-state index is 0.150. The van der Waals surface area contributed by atoms with Crippen molar-refractivity contribution in [3.05, 3.63) is 89.4 Å². The van der Waals surface area contributed by atoms with E-state index in [1.165, 1.54) is 6.07 Å². The van der Waals surface area contributed by atoms with Gasteiger partial charge in [-0.3, -0.25) is 4.79 Å². The number of benzene rings is 2. The number of piperazine rings is 1. The van der Waals surface area contributed by atoms with Crippen molar-refractivity contribution in [3.63, 3.8) is 0 Å². The Morgan fingerprint density at radius 1 is 0.853 bits per heavy atom. The van der Waals surface area contributed by atoms with E-state index in [1.54, 1.807) is 33.1 Å². The zero-order valence-electron chi connectivity index (χ0n) is 18.1. The maximum absolute atomic E-state index is 13.5. The Labute approximate surface area is 198 Å². The normalized spacial score (nSPS) is 14.4. The summed E-state index contributed by atoms with van der Waals surface area (Å²) in [7, 11) is 0. The van der Waals surface area contributed by atoms with E-state index in [1.807, 2.05) is 52.7 Å². The number of carbonyl (C=O) groups is 1. The maximum Gasteiger partial charge on any atom is 0.416 e. The van der Waals surface area contributed by atoms with Crippen LogP contribution in [0, 0.1) is 0 Å². The van der Waals surface area contributed by atoms with Crippen LogP contribution in [-0.4, -0.2) is 46.8 Å². The molecule has 3 heterocycles. The second-order valence-electron chi connectivity index (χ2n) is 7.97. The van der Waals surface area contributed by atoms with Crippen LogP contribution in [0.4, 0.5) is 18.9 Å². The van der Waals surface area contributed by atoms with Crippen LogP contribution in [0.2, 0.25) is 0 Å². The molecule has 2 aromatic carbocycles. The van der Waals surface area contributed by atoms with E-state index in [-0.39, 0.29) is 5.91 Å². The fraction of sp³-hybridized carbons (Fsp3) is 0.200. The highest BCUT2D eigenvalue weighted by Crippen LogP contribution is 2.32. The summed E-state index contributed by atoms with van der Waals surface area (Å²) in [6.07, 6.45) is -4.39. The monoisotopic (exact) mass is 482 g/mol. The van der Waals surface area contributed by atoms with Crippen molar-refractivity contribution < 1.29 is 18.0 Å². The Kier molecular flexibility index (Phi) is 5.87. The van der Waals surface area contributed by atoms with Gasteiger partial charge in [0.15, 0.2) is 0 Å². The predicted octanol–water partition coefficient (Wildman–Crippen LogP) is 5.58. The molecule has 0 radical (unpaired) electrons. The minimum atomic E-state index is -4.39. The number of alkyl halides is 3. The molecule has 1 aliphatic heterocycles. The molecule has 5 rings (SSSR count). The predicted molar refractivity (Wildman–Crippen MR) is 126 cm³/mol. The van der Waals surface area contributed by atoms with Crippen LogP contribution in [0.1, 0.15) is 16.1 Å². The molecule has 9 heteroatoms. The lowest BCUT2D eigenvalue weighted by Crippen LogP contribution is -2.49. The molecule has 1 fully saturated rings. The smallest absolute Gasteiger partial charge is 0.368 e.